The maximum atomic E-state index is 13.1. The second-order valence-electron chi connectivity index (χ2n) is 3.75. The third-order valence-electron chi connectivity index (χ3n) is 1.79. The number of alkyl halides is 1. The molecule has 0 aliphatic heterocycles. The van der Waals surface area contributed by atoms with Crippen LogP contribution in [0.3, 0.4) is 0 Å². The molecule has 0 aliphatic rings. The standard InChI is InChI=1S/C11H14BrFO/c1-11(2,13)7-8-14-10-6-4-3-5-9(10)12/h3-6H,7-8H2,1-2H3. The molecule has 0 bridgehead atoms. The van der Waals surface area contributed by atoms with Crippen molar-refractivity contribution >= 4 is 15.9 Å². The number of hydrogen-bond acceptors (Lipinski definition) is 1. The Balaban J connectivity index is 2.43. The van der Waals surface area contributed by atoms with Crippen LogP contribution in [0, 0.1) is 0 Å². The highest BCUT2D eigenvalue weighted by atomic mass is 79.9. The van der Waals surface area contributed by atoms with Crippen LogP contribution in [0.2, 0.25) is 0 Å². The summed E-state index contributed by atoms with van der Waals surface area (Å²) in [5, 5.41) is 0. The van der Waals surface area contributed by atoms with Gasteiger partial charge in [0, 0.05) is 6.42 Å². The Bertz CT molecular complexity index is 294. The van der Waals surface area contributed by atoms with Crippen LogP contribution in [0.5, 0.6) is 5.75 Å². The van der Waals surface area contributed by atoms with Gasteiger partial charge in [-0.3, -0.25) is 0 Å². The number of rotatable bonds is 4. The van der Waals surface area contributed by atoms with Gasteiger partial charge in [-0.25, -0.2) is 4.39 Å². The van der Waals surface area contributed by atoms with E-state index in [4.69, 9.17) is 4.74 Å². The molecular formula is C11H14BrFO. The van der Waals surface area contributed by atoms with E-state index in [-0.39, 0.29) is 0 Å². The van der Waals surface area contributed by atoms with E-state index >= 15 is 0 Å². The van der Waals surface area contributed by atoms with E-state index < -0.39 is 5.67 Å². The molecule has 1 aromatic carbocycles. The van der Waals surface area contributed by atoms with Crippen LogP contribution in [-0.4, -0.2) is 12.3 Å². The van der Waals surface area contributed by atoms with E-state index in [1.165, 1.54) is 0 Å². The Kier molecular flexibility index (Phi) is 3.93. The lowest BCUT2D eigenvalue weighted by molar-refractivity contribution is 0.161. The highest BCUT2D eigenvalue weighted by molar-refractivity contribution is 9.10. The summed E-state index contributed by atoms with van der Waals surface area (Å²) in [7, 11) is 0. The summed E-state index contributed by atoms with van der Waals surface area (Å²) in [4.78, 5) is 0. The largest absolute Gasteiger partial charge is 0.492 e. The fourth-order valence-corrected chi connectivity index (χ4v) is 1.36. The summed E-state index contributed by atoms with van der Waals surface area (Å²) in [5.74, 6) is 0.761. The van der Waals surface area contributed by atoms with Crippen LogP contribution in [0.1, 0.15) is 20.3 Å². The average molecular weight is 261 g/mol. The average Bonchev–Trinajstić information content (AvgIpc) is 2.06. The molecule has 1 rings (SSSR count). The fraction of sp³-hybridized carbons (Fsp3) is 0.455. The number of para-hydroxylation sites is 1. The van der Waals surface area contributed by atoms with Gasteiger partial charge in [-0.1, -0.05) is 12.1 Å². The smallest absolute Gasteiger partial charge is 0.133 e. The van der Waals surface area contributed by atoms with Gasteiger partial charge in [0.2, 0.25) is 0 Å². The molecule has 14 heavy (non-hydrogen) atoms. The molecule has 1 aromatic rings. The molecule has 0 N–H and O–H groups in total. The molecule has 0 saturated carbocycles. The molecule has 0 aromatic heterocycles. The molecule has 0 heterocycles. The first-order valence-electron chi connectivity index (χ1n) is 4.55. The Hall–Kier alpha value is -0.570. The van der Waals surface area contributed by atoms with Crippen molar-refractivity contribution in [3.63, 3.8) is 0 Å². The quantitative estimate of drug-likeness (QED) is 0.796. The van der Waals surface area contributed by atoms with Crippen LogP contribution in [0.4, 0.5) is 4.39 Å². The van der Waals surface area contributed by atoms with Gasteiger partial charge >= 0.3 is 0 Å². The van der Waals surface area contributed by atoms with Crippen LogP contribution >= 0.6 is 15.9 Å². The van der Waals surface area contributed by atoms with Gasteiger partial charge in [-0.05, 0) is 41.9 Å². The second kappa shape index (κ2) is 4.78. The maximum absolute atomic E-state index is 13.1. The minimum atomic E-state index is -1.17. The minimum absolute atomic E-state index is 0.395. The van der Waals surface area contributed by atoms with Crippen molar-refractivity contribution < 1.29 is 9.13 Å². The molecule has 0 fully saturated rings. The van der Waals surface area contributed by atoms with E-state index in [9.17, 15) is 4.39 Å². The van der Waals surface area contributed by atoms with E-state index in [1.54, 1.807) is 13.8 Å². The predicted octanol–water partition coefficient (Wildman–Crippen LogP) is 3.97. The summed E-state index contributed by atoms with van der Waals surface area (Å²) in [6.45, 7) is 3.50. The van der Waals surface area contributed by atoms with Crippen LogP contribution < -0.4 is 4.74 Å². The normalized spacial score (nSPS) is 11.4. The van der Waals surface area contributed by atoms with Crippen LogP contribution in [-0.2, 0) is 0 Å². The molecule has 0 amide bonds. The molecule has 0 saturated heterocycles. The van der Waals surface area contributed by atoms with Gasteiger partial charge in [0.05, 0.1) is 11.1 Å². The van der Waals surface area contributed by atoms with Crippen molar-refractivity contribution in [2.75, 3.05) is 6.61 Å². The van der Waals surface area contributed by atoms with Crippen molar-refractivity contribution in [3.8, 4) is 5.75 Å². The monoisotopic (exact) mass is 260 g/mol. The molecule has 0 unspecified atom stereocenters. The van der Waals surface area contributed by atoms with Crippen molar-refractivity contribution in [1.82, 2.24) is 0 Å². The lowest BCUT2D eigenvalue weighted by atomic mass is 10.1. The Morgan fingerprint density at radius 3 is 2.57 bits per heavy atom. The van der Waals surface area contributed by atoms with E-state index in [0.717, 1.165) is 10.2 Å². The lowest BCUT2D eigenvalue weighted by Crippen LogP contribution is -2.16. The zero-order valence-corrected chi connectivity index (χ0v) is 9.97. The van der Waals surface area contributed by atoms with Crippen LogP contribution in [0.25, 0.3) is 0 Å². The zero-order chi connectivity index (χ0) is 10.6. The predicted molar refractivity (Wildman–Crippen MR) is 59.4 cm³/mol. The van der Waals surface area contributed by atoms with Crippen molar-refractivity contribution in [3.05, 3.63) is 28.7 Å². The molecule has 78 valence electrons. The molecular weight excluding hydrogens is 247 g/mol. The first-order chi connectivity index (χ1) is 6.49. The SMILES string of the molecule is CC(C)(F)CCOc1ccccc1Br. The lowest BCUT2D eigenvalue weighted by Gasteiger charge is -2.14. The third kappa shape index (κ3) is 4.09. The Morgan fingerprint density at radius 1 is 1.36 bits per heavy atom. The highest BCUT2D eigenvalue weighted by Gasteiger charge is 2.15. The minimum Gasteiger partial charge on any atom is -0.492 e. The highest BCUT2D eigenvalue weighted by Crippen LogP contribution is 2.24. The summed E-state index contributed by atoms with van der Waals surface area (Å²) in [6, 6.07) is 7.56. The molecule has 0 radical (unpaired) electrons. The number of benzene rings is 1. The Labute approximate surface area is 92.4 Å². The van der Waals surface area contributed by atoms with Gasteiger partial charge in [0.25, 0.3) is 0 Å². The van der Waals surface area contributed by atoms with Crippen molar-refractivity contribution in [2.24, 2.45) is 0 Å². The zero-order valence-electron chi connectivity index (χ0n) is 8.39. The van der Waals surface area contributed by atoms with Gasteiger partial charge in [-0.2, -0.15) is 0 Å². The van der Waals surface area contributed by atoms with E-state index in [2.05, 4.69) is 15.9 Å². The second-order valence-corrected chi connectivity index (χ2v) is 4.60. The van der Waals surface area contributed by atoms with E-state index in [0.29, 0.717) is 13.0 Å². The van der Waals surface area contributed by atoms with Gasteiger partial charge in [-0.15, -0.1) is 0 Å². The van der Waals surface area contributed by atoms with Crippen LogP contribution in [0.15, 0.2) is 28.7 Å². The molecule has 3 heteroatoms. The summed E-state index contributed by atoms with van der Waals surface area (Å²) < 4.78 is 19.4. The summed E-state index contributed by atoms with van der Waals surface area (Å²) in [5.41, 5.74) is -1.17. The maximum Gasteiger partial charge on any atom is 0.133 e. The first-order valence-corrected chi connectivity index (χ1v) is 5.34. The third-order valence-corrected chi connectivity index (χ3v) is 2.45. The molecule has 1 nitrogen and oxygen atoms in total. The van der Waals surface area contributed by atoms with Gasteiger partial charge < -0.3 is 4.74 Å². The van der Waals surface area contributed by atoms with Crippen molar-refractivity contribution in [2.45, 2.75) is 25.9 Å². The number of hydrogen-bond donors (Lipinski definition) is 0. The Morgan fingerprint density at radius 2 is 2.00 bits per heavy atom. The molecule has 0 atom stereocenters. The fourth-order valence-electron chi connectivity index (χ4n) is 0.965. The molecule has 0 aliphatic carbocycles. The number of halogens is 2. The van der Waals surface area contributed by atoms with Gasteiger partial charge in [0.15, 0.2) is 0 Å². The summed E-state index contributed by atoms with van der Waals surface area (Å²) in [6.07, 6.45) is 0.397. The number of ether oxygens (including phenoxy) is 1. The summed E-state index contributed by atoms with van der Waals surface area (Å²) >= 11 is 3.36. The molecule has 0 spiro atoms. The first kappa shape index (κ1) is 11.5. The van der Waals surface area contributed by atoms with Gasteiger partial charge in [0.1, 0.15) is 11.4 Å². The van der Waals surface area contributed by atoms with Crippen molar-refractivity contribution in [1.29, 1.82) is 0 Å². The topological polar surface area (TPSA) is 9.23 Å². The van der Waals surface area contributed by atoms with E-state index in [1.807, 2.05) is 24.3 Å².